The summed E-state index contributed by atoms with van der Waals surface area (Å²) in [7, 11) is 1.71. The molecule has 98 valence electrons. The van der Waals surface area contributed by atoms with Gasteiger partial charge < -0.3 is 4.74 Å². The fourth-order valence-corrected chi connectivity index (χ4v) is 2.34. The predicted octanol–water partition coefficient (Wildman–Crippen LogP) is 3.64. The Morgan fingerprint density at radius 2 is 2.18 bits per heavy atom. The first kappa shape index (κ1) is 15.2. The summed E-state index contributed by atoms with van der Waals surface area (Å²) in [5.41, 5.74) is 1.26. The lowest BCUT2D eigenvalue weighted by Crippen LogP contribution is -2.13. The van der Waals surface area contributed by atoms with E-state index in [2.05, 4.69) is 50.8 Å². The van der Waals surface area contributed by atoms with Gasteiger partial charge in [0.25, 0.3) is 0 Å². The summed E-state index contributed by atoms with van der Waals surface area (Å²) in [6, 6.07) is 0. The maximum atomic E-state index is 5.09. The first-order valence-corrected chi connectivity index (χ1v) is 7.60. The molecule has 17 heavy (non-hydrogen) atoms. The van der Waals surface area contributed by atoms with E-state index in [1.165, 1.54) is 5.69 Å². The highest BCUT2D eigenvalue weighted by atomic mass is 79.9. The summed E-state index contributed by atoms with van der Waals surface area (Å²) >= 11 is 7.28. The molecule has 1 heterocycles. The second-order valence-electron chi connectivity index (χ2n) is 4.45. The van der Waals surface area contributed by atoms with Gasteiger partial charge in [-0.1, -0.05) is 29.8 Å². The van der Waals surface area contributed by atoms with Crippen molar-refractivity contribution in [1.82, 2.24) is 9.78 Å². The Morgan fingerprint density at radius 3 is 2.76 bits per heavy atom. The Kier molecular flexibility index (Phi) is 6.74. The van der Waals surface area contributed by atoms with Crippen molar-refractivity contribution in [2.45, 2.75) is 38.1 Å². The summed E-state index contributed by atoms with van der Waals surface area (Å²) in [6.07, 6.45) is 4.01. The van der Waals surface area contributed by atoms with E-state index in [0.29, 0.717) is 17.4 Å². The molecule has 5 heteroatoms. The van der Waals surface area contributed by atoms with Gasteiger partial charge in [0.15, 0.2) is 0 Å². The number of ether oxygens (including phenoxy) is 1. The van der Waals surface area contributed by atoms with E-state index in [-0.39, 0.29) is 0 Å². The molecule has 0 N–H and O–H groups in total. The third-order valence-electron chi connectivity index (χ3n) is 2.79. The van der Waals surface area contributed by atoms with Crippen molar-refractivity contribution in [2.75, 3.05) is 13.7 Å². The molecule has 1 atom stereocenters. The third-order valence-corrected chi connectivity index (χ3v) is 4.96. The molecule has 0 aliphatic heterocycles. The smallest absolute Gasteiger partial charge is 0.0658 e. The number of nitrogens with zero attached hydrogens (tertiary/aromatic N) is 2. The maximum absolute atomic E-state index is 5.09. The molecule has 0 spiro atoms. The van der Waals surface area contributed by atoms with Crippen molar-refractivity contribution in [3.63, 3.8) is 0 Å². The average Bonchev–Trinajstić information content (AvgIpc) is 2.64. The molecule has 0 radical (unpaired) electrons. The topological polar surface area (TPSA) is 27.1 Å². The van der Waals surface area contributed by atoms with Crippen LogP contribution in [0.5, 0.6) is 0 Å². The van der Waals surface area contributed by atoms with Crippen molar-refractivity contribution >= 4 is 31.9 Å². The molecule has 0 amide bonds. The minimum absolute atomic E-state index is 0.556. The largest absolute Gasteiger partial charge is 0.383 e. The molecule has 0 saturated carbocycles. The Bertz CT molecular complexity index is 339. The number of hydrogen-bond acceptors (Lipinski definition) is 2. The molecule has 3 nitrogen and oxygen atoms in total. The lowest BCUT2D eigenvalue weighted by atomic mass is 10.1. The quantitative estimate of drug-likeness (QED) is 0.688. The van der Waals surface area contributed by atoms with E-state index in [1.807, 2.05) is 10.9 Å². The van der Waals surface area contributed by atoms with E-state index >= 15 is 0 Å². The number of hydrogen-bond donors (Lipinski definition) is 0. The number of methoxy groups -OCH3 is 1. The van der Waals surface area contributed by atoms with Crippen LogP contribution in [0.15, 0.2) is 10.7 Å². The second-order valence-corrected chi connectivity index (χ2v) is 6.48. The molecule has 0 fully saturated rings. The Balaban J connectivity index is 2.59. The highest BCUT2D eigenvalue weighted by Crippen LogP contribution is 2.22. The number of rotatable bonds is 7. The van der Waals surface area contributed by atoms with Crippen LogP contribution < -0.4 is 0 Å². The summed E-state index contributed by atoms with van der Waals surface area (Å²) in [5.74, 6) is 0.657. The van der Waals surface area contributed by atoms with Crippen molar-refractivity contribution in [2.24, 2.45) is 5.92 Å². The summed E-state index contributed by atoms with van der Waals surface area (Å²) in [4.78, 5) is 0.556. The van der Waals surface area contributed by atoms with Crippen LogP contribution in [0.3, 0.4) is 0 Å². The number of alkyl halides is 1. The van der Waals surface area contributed by atoms with E-state index in [9.17, 15) is 0 Å². The van der Waals surface area contributed by atoms with Crippen LogP contribution in [0.25, 0.3) is 0 Å². The number of halogens is 2. The summed E-state index contributed by atoms with van der Waals surface area (Å²) in [5, 5.41) is 4.35. The van der Waals surface area contributed by atoms with Crippen molar-refractivity contribution in [1.29, 1.82) is 0 Å². The molecule has 1 unspecified atom stereocenters. The van der Waals surface area contributed by atoms with Gasteiger partial charge in [-0.05, 0) is 34.7 Å². The Hall–Kier alpha value is 0.130. The van der Waals surface area contributed by atoms with E-state index in [1.54, 1.807) is 7.11 Å². The van der Waals surface area contributed by atoms with Crippen molar-refractivity contribution in [3.8, 4) is 0 Å². The summed E-state index contributed by atoms with van der Waals surface area (Å²) < 4.78 is 8.20. The van der Waals surface area contributed by atoms with E-state index in [0.717, 1.165) is 23.9 Å². The van der Waals surface area contributed by atoms with Crippen LogP contribution in [-0.4, -0.2) is 28.3 Å². The van der Waals surface area contributed by atoms with Crippen LogP contribution >= 0.6 is 31.9 Å². The predicted molar refractivity (Wildman–Crippen MR) is 77.7 cm³/mol. The first-order chi connectivity index (χ1) is 8.06. The standard InChI is InChI=1S/C12H20Br2N2O/c1-9(2)10(13)4-5-12-11(14)8-15-16(12)6-7-17-3/h8-10H,4-7H2,1-3H3. The van der Waals surface area contributed by atoms with Crippen LogP contribution in [0.1, 0.15) is 26.0 Å². The Morgan fingerprint density at radius 1 is 1.47 bits per heavy atom. The number of aromatic nitrogens is 2. The molecule has 0 aromatic carbocycles. The minimum atomic E-state index is 0.556. The molecule has 1 aromatic heterocycles. The molecule has 0 aliphatic rings. The van der Waals surface area contributed by atoms with Gasteiger partial charge in [-0.3, -0.25) is 4.68 Å². The zero-order valence-electron chi connectivity index (χ0n) is 10.6. The van der Waals surface area contributed by atoms with Gasteiger partial charge in [0, 0.05) is 11.9 Å². The molecule has 1 aromatic rings. The first-order valence-electron chi connectivity index (χ1n) is 5.89. The van der Waals surface area contributed by atoms with Crippen LogP contribution in [0.4, 0.5) is 0 Å². The highest BCUT2D eigenvalue weighted by Gasteiger charge is 2.13. The fourth-order valence-electron chi connectivity index (χ4n) is 1.61. The molecule has 1 rings (SSSR count). The van der Waals surface area contributed by atoms with E-state index < -0.39 is 0 Å². The normalized spacial score (nSPS) is 13.3. The van der Waals surface area contributed by atoms with Crippen LogP contribution in [-0.2, 0) is 17.7 Å². The van der Waals surface area contributed by atoms with Gasteiger partial charge in [-0.25, -0.2) is 0 Å². The lowest BCUT2D eigenvalue weighted by molar-refractivity contribution is 0.182. The zero-order valence-corrected chi connectivity index (χ0v) is 13.8. The molecular formula is C12H20Br2N2O. The molecular weight excluding hydrogens is 348 g/mol. The van der Waals surface area contributed by atoms with Gasteiger partial charge in [0.1, 0.15) is 0 Å². The van der Waals surface area contributed by atoms with Crippen molar-refractivity contribution in [3.05, 3.63) is 16.4 Å². The second kappa shape index (κ2) is 7.54. The fraction of sp³-hybridized carbons (Fsp3) is 0.750. The van der Waals surface area contributed by atoms with Gasteiger partial charge >= 0.3 is 0 Å². The van der Waals surface area contributed by atoms with Gasteiger partial charge in [-0.15, -0.1) is 0 Å². The van der Waals surface area contributed by atoms with Crippen molar-refractivity contribution < 1.29 is 4.74 Å². The monoisotopic (exact) mass is 366 g/mol. The van der Waals surface area contributed by atoms with E-state index in [4.69, 9.17) is 4.74 Å². The lowest BCUT2D eigenvalue weighted by Gasteiger charge is -2.14. The maximum Gasteiger partial charge on any atom is 0.0658 e. The van der Waals surface area contributed by atoms with Gasteiger partial charge in [0.2, 0.25) is 0 Å². The van der Waals surface area contributed by atoms with Gasteiger partial charge in [0.05, 0.1) is 29.5 Å². The highest BCUT2D eigenvalue weighted by molar-refractivity contribution is 9.10. The summed E-state index contributed by atoms with van der Waals surface area (Å²) in [6.45, 7) is 5.97. The molecule has 0 saturated heterocycles. The average molecular weight is 368 g/mol. The zero-order chi connectivity index (χ0) is 12.8. The van der Waals surface area contributed by atoms with Crippen LogP contribution in [0, 0.1) is 5.92 Å². The molecule has 0 bridgehead atoms. The Labute approximate surface area is 120 Å². The van der Waals surface area contributed by atoms with Crippen LogP contribution in [0.2, 0.25) is 0 Å². The third kappa shape index (κ3) is 4.72. The molecule has 0 aliphatic carbocycles. The van der Waals surface area contributed by atoms with Gasteiger partial charge in [-0.2, -0.15) is 5.10 Å². The minimum Gasteiger partial charge on any atom is -0.383 e. The SMILES string of the molecule is COCCn1ncc(Br)c1CCC(Br)C(C)C.